The molecule has 1 fully saturated rings. The molecule has 7 heteroatoms. The third-order valence-corrected chi connectivity index (χ3v) is 5.36. The molecule has 0 aromatic carbocycles. The van der Waals surface area contributed by atoms with Crippen LogP contribution >= 0.6 is 0 Å². The van der Waals surface area contributed by atoms with Gasteiger partial charge in [-0.2, -0.15) is 0 Å². The first-order valence-electron chi connectivity index (χ1n) is 10.7. The SMILES string of the molecule is CCCNc1cc(N2CCC(CCC(=O)NCCc3ccccn3)CC2)ncn1. The summed E-state index contributed by atoms with van der Waals surface area (Å²) in [6, 6.07) is 7.90. The molecular formula is C22H32N6O. The molecule has 2 aromatic heterocycles. The first-order chi connectivity index (χ1) is 14.2. The van der Waals surface area contributed by atoms with Gasteiger partial charge in [0.25, 0.3) is 0 Å². The summed E-state index contributed by atoms with van der Waals surface area (Å²) in [6.45, 7) is 5.67. The number of amides is 1. The number of hydrogen-bond donors (Lipinski definition) is 2. The molecule has 0 saturated carbocycles. The quantitative estimate of drug-likeness (QED) is 0.642. The van der Waals surface area contributed by atoms with Crippen molar-refractivity contribution in [2.75, 3.05) is 36.4 Å². The van der Waals surface area contributed by atoms with Gasteiger partial charge in [-0.1, -0.05) is 13.0 Å². The summed E-state index contributed by atoms with van der Waals surface area (Å²) in [5.74, 6) is 2.63. The lowest BCUT2D eigenvalue weighted by Gasteiger charge is -2.32. The van der Waals surface area contributed by atoms with Gasteiger partial charge in [0, 0.05) is 57.0 Å². The highest BCUT2D eigenvalue weighted by Gasteiger charge is 2.21. The summed E-state index contributed by atoms with van der Waals surface area (Å²) in [5, 5.41) is 6.33. The lowest BCUT2D eigenvalue weighted by atomic mass is 9.92. The first-order valence-corrected chi connectivity index (χ1v) is 10.7. The van der Waals surface area contributed by atoms with Crippen molar-refractivity contribution < 1.29 is 4.79 Å². The van der Waals surface area contributed by atoms with E-state index in [1.807, 2.05) is 24.3 Å². The van der Waals surface area contributed by atoms with E-state index in [-0.39, 0.29) is 5.91 Å². The van der Waals surface area contributed by atoms with Crippen molar-refractivity contribution in [3.05, 3.63) is 42.5 Å². The largest absolute Gasteiger partial charge is 0.370 e. The van der Waals surface area contributed by atoms with E-state index in [1.165, 1.54) is 0 Å². The summed E-state index contributed by atoms with van der Waals surface area (Å²) in [6.07, 6.45) is 9.02. The molecule has 0 aliphatic carbocycles. The van der Waals surface area contributed by atoms with E-state index in [0.29, 0.717) is 18.9 Å². The maximum Gasteiger partial charge on any atom is 0.220 e. The zero-order chi connectivity index (χ0) is 20.3. The minimum atomic E-state index is 0.144. The highest BCUT2D eigenvalue weighted by Crippen LogP contribution is 2.25. The van der Waals surface area contributed by atoms with Crippen molar-refractivity contribution in [2.24, 2.45) is 5.92 Å². The Morgan fingerprint density at radius 1 is 1.17 bits per heavy atom. The number of nitrogens with one attached hydrogen (secondary N) is 2. The summed E-state index contributed by atoms with van der Waals surface area (Å²) in [4.78, 5) is 27.4. The Morgan fingerprint density at radius 2 is 2.03 bits per heavy atom. The van der Waals surface area contributed by atoms with Gasteiger partial charge < -0.3 is 15.5 Å². The number of anilines is 2. The number of hydrogen-bond acceptors (Lipinski definition) is 6. The number of piperidine rings is 1. The van der Waals surface area contributed by atoms with Crippen molar-refractivity contribution in [1.29, 1.82) is 0 Å². The Hall–Kier alpha value is -2.70. The van der Waals surface area contributed by atoms with Crippen LogP contribution in [0.2, 0.25) is 0 Å². The lowest BCUT2D eigenvalue weighted by Crippen LogP contribution is -2.35. The first kappa shape index (κ1) is 21.0. The van der Waals surface area contributed by atoms with Gasteiger partial charge in [0.05, 0.1) is 0 Å². The average molecular weight is 397 g/mol. The number of rotatable bonds is 10. The molecule has 2 N–H and O–H groups in total. The molecule has 1 saturated heterocycles. The molecule has 0 atom stereocenters. The molecule has 1 aliphatic heterocycles. The van der Waals surface area contributed by atoms with Crippen LogP contribution < -0.4 is 15.5 Å². The summed E-state index contributed by atoms with van der Waals surface area (Å²) in [7, 11) is 0. The third-order valence-electron chi connectivity index (χ3n) is 5.36. The molecule has 29 heavy (non-hydrogen) atoms. The minimum absolute atomic E-state index is 0.144. The Bertz CT molecular complexity index is 746. The third kappa shape index (κ3) is 7.00. The molecule has 1 amide bonds. The van der Waals surface area contributed by atoms with Gasteiger partial charge in [0.1, 0.15) is 18.0 Å². The van der Waals surface area contributed by atoms with E-state index in [2.05, 4.69) is 37.4 Å². The van der Waals surface area contributed by atoms with Crippen molar-refractivity contribution in [1.82, 2.24) is 20.3 Å². The molecule has 1 aliphatic rings. The van der Waals surface area contributed by atoms with E-state index < -0.39 is 0 Å². The predicted octanol–water partition coefficient (Wildman–Crippen LogP) is 3.05. The maximum absolute atomic E-state index is 12.1. The number of carbonyl (C=O) groups excluding carboxylic acids is 1. The van der Waals surface area contributed by atoms with Crippen molar-refractivity contribution in [3.63, 3.8) is 0 Å². The Kier molecular flexibility index (Phi) is 8.22. The van der Waals surface area contributed by atoms with E-state index in [0.717, 1.165) is 69.1 Å². The molecule has 0 unspecified atom stereocenters. The number of aromatic nitrogens is 3. The second-order valence-corrected chi connectivity index (χ2v) is 7.58. The molecule has 7 nitrogen and oxygen atoms in total. The van der Waals surface area contributed by atoms with Crippen LogP contribution in [0.25, 0.3) is 0 Å². The summed E-state index contributed by atoms with van der Waals surface area (Å²) in [5.41, 5.74) is 1.01. The number of carbonyl (C=O) groups is 1. The van der Waals surface area contributed by atoms with Crippen molar-refractivity contribution in [3.8, 4) is 0 Å². The van der Waals surface area contributed by atoms with Gasteiger partial charge in [-0.25, -0.2) is 9.97 Å². The van der Waals surface area contributed by atoms with Crippen LogP contribution in [0.3, 0.4) is 0 Å². The Morgan fingerprint density at radius 3 is 2.79 bits per heavy atom. The molecule has 3 heterocycles. The fourth-order valence-corrected chi connectivity index (χ4v) is 3.62. The topological polar surface area (TPSA) is 83.0 Å². The molecule has 2 aromatic rings. The Labute approximate surface area is 173 Å². The summed E-state index contributed by atoms with van der Waals surface area (Å²) >= 11 is 0. The van der Waals surface area contributed by atoms with Crippen LogP contribution in [0.15, 0.2) is 36.8 Å². The maximum atomic E-state index is 12.1. The van der Waals surface area contributed by atoms with Gasteiger partial charge >= 0.3 is 0 Å². The van der Waals surface area contributed by atoms with E-state index in [4.69, 9.17) is 0 Å². The standard InChI is InChI=1S/C22H32N6O/c1-2-11-24-20-16-21(27-17-26-20)28-14-9-18(10-15-28)6-7-22(29)25-13-8-19-5-3-4-12-23-19/h3-5,12,16-18H,2,6-11,13-15H2,1H3,(H,25,29)(H,24,26,27). The van der Waals surface area contributed by atoms with E-state index in [9.17, 15) is 4.79 Å². The average Bonchev–Trinajstić information content (AvgIpc) is 2.77. The zero-order valence-corrected chi connectivity index (χ0v) is 17.3. The zero-order valence-electron chi connectivity index (χ0n) is 17.3. The van der Waals surface area contributed by atoms with Crippen LogP contribution in [0.5, 0.6) is 0 Å². The summed E-state index contributed by atoms with van der Waals surface area (Å²) < 4.78 is 0. The van der Waals surface area contributed by atoms with Gasteiger partial charge in [-0.3, -0.25) is 9.78 Å². The van der Waals surface area contributed by atoms with E-state index in [1.54, 1.807) is 12.5 Å². The van der Waals surface area contributed by atoms with Crippen LogP contribution in [0.1, 0.15) is 44.7 Å². The molecular weight excluding hydrogens is 364 g/mol. The van der Waals surface area contributed by atoms with Gasteiger partial charge in [-0.05, 0) is 43.7 Å². The van der Waals surface area contributed by atoms with E-state index >= 15 is 0 Å². The van der Waals surface area contributed by atoms with Gasteiger partial charge in [0.2, 0.25) is 5.91 Å². The van der Waals surface area contributed by atoms with Crippen molar-refractivity contribution in [2.45, 2.75) is 45.4 Å². The second kappa shape index (κ2) is 11.3. The minimum Gasteiger partial charge on any atom is -0.370 e. The van der Waals surface area contributed by atoms with Crippen LogP contribution in [0.4, 0.5) is 11.6 Å². The predicted molar refractivity (Wildman–Crippen MR) is 116 cm³/mol. The molecule has 0 bridgehead atoms. The van der Waals surface area contributed by atoms with Gasteiger partial charge in [-0.15, -0.1) is 0 Å². The van der Waals surface area contributed by atoms with Crippen LogP contribution in [0, 0.1) is 5.92 Å². The van der Waals surface area contributed by atoms with Gasteiger partial charge in [0.15, 0.2) is 0 Å². The monoisotopic (exact) mass is 396 g/mol. The molecule has 156 valence electrons. The van der Waals surface area contributed by atoms with Crippen LogP contribution in [-0.2, 0) is 11.2 Å². The Balaban J connectivity index is 1.34. The number of pyridine rings is 1. The lowest BCUT2D eigenvalue weighted by molar-refractivity contribution is -0.121. The van der Waals surface area contributed by atoms with Crippen LogP contribution in [-0.4, -0.2) is 47.0 Å². The molecule has 0 radical (unpaired) electrons. The smallest absolute Gasteiger partial charge is 0.220 e. The fourth-order valence-electron chi connectivity index (χ4n) is 3.62. The number of nitrogens with zero attached hydrogens (tertiary/aromatic N) is 4. The normalized spacial score (nSPS) is 14.6. The van der Waals surface area contributed by atoms with Crippen molar-refractivity contribution >= 4 is 17.5 Å². The second-order valence-electron chi connectivity index (χ2n) is 7.58. The highest BCUT2D eigenvalue weighted by molar-refractivity contribution is 5.75. The highest BCUT2D eigenvalue weighted by atomic mass is 16.1. The fraction of sp³-hybridized carbons (Fsp3) is 0.545. The molecule has 3 rings (SSSR count). The molecule has 0 spiro atoms.